The summed E-state index contributed by atoms with van der Waals surface area (Å²) >= 11 is 11.1. The number of halogens is 2. The molecule has 4 nitrogen and oxygen atoms in total. The second-order valence-electron chi connectivity index (χ2n) is 2.60. The molecule has 0 aromatic heterocycles. The van der Waals surface area contributed by atoms with Crippen LogP contribution in [0, 0.1) is 0 Å². The van der Waals surface area contributed by atoms with E-state index >= 15 is 0 Å². The van der Waals surface area contributed by atoms with E-state index in [0.29, 0.717) is 31.4 Å². The summed E-state index contributed by atoms with van der Waals surface area (Å²) in [6.45, 7) is 1.69. The van der Waals surface area contributed by atoms with Gasteiger partial charge in [0.15, 0.2) is 0 Å². The molecule has 14 heavy (non-hydrogen) atoms. The molecular weight excluding hydrogens is 229 g/mol. The van der Waals surface area contributed by atoms with Crippen molar-refractivity contribution in [1.82, 2.24) is 4.90 Å². The third-order valence-corrected chi connectivity index (χ3v) is 1.94. The van der Waals surface area contributed by atoms with E-state index in [1.807, 2.05) is 4.90 Å². The predicted octanol–water partition coefficient (Wildman–Crippen LogP) is 0.301. The van der Waals surface area contributed by atoms with Crippen molar-refractivity contribution in [2.75, 3.05) is 44.6 Å². The molecule has 0 amide bonds. The molecule has 0 aliphatic heterocycles. The lowest BCUT2D eigenvalue weighted by molar-refractivity contribution is -0.147. The number of carbonyl (C=O) groups excluding carboxylic acids is 1. The zero-order valence-corrected chi connectivity index (χ0v) is 9.43. The van der Waals surface area contributed by atoms with Crippen LogP contribution < -0.4 is 0 Å². The molecular formula is C8H15Cl2NO3. The zero-order valence-electron chi connectivity index (χ0n) is 7.92. The first kappa shape index (κ1) is 14.0. The number of hydrogen-bond acceptors (Lipinski definition) is 4. The molecule has 0 atom stereocenters. The van der Waals surface area contributed by atoms with E-state index in [1.165, 1.54) is 0 Å². The van der Waals surface area contributed by atoms with E-state index in [2.05, 4.69) is 0 Å². The Morgan fingerprint density at radius 3 is 2.21 bits per heavy atom. The highest BCUT2D eigenvalue weighted by atomic mass is 35.5. The van der Waals surface area contributed by atoms with Gasteiger partial charge in [-0.15, -0.1) is 23.2 Å². The SMILES string of the molecule is O=C(CO)OCCN(CCCl)CCCl. The molecule has 0 saturated carbocycles. The molecule has 0 rings (SSSR count). The molecule has 0 fully saturated rings. The van der Waals surface area contributed by atoms with Crippen molar-refractivity contribution in [2.45, 2.75) is 0 Å². The van der Waals surface area contributed by atoms with Crippen molar-refractivity contribution >= 4 is 29.2 Å². The third kappa shape index (κ3) is 7.38. The average Bonchev–Trinajstić information content (AvgIpc) is 2.18. The molecule has 0 saturated heterocycles. The van der Waals surface area contributed by atoms with Crippen LogP contribution in [0.25, 0.3) is 0 Å². The van der Waals surface area contributed by atoms with Crippen LogP contribution in [0.1, 0.15) is 0 Å². The molecule has 0 aromatic carbocycles. The zero-order chi connectivity index (χ0) is 10.8. The van der Waals surface area contributed by atoms with Crippen molar-refractivity contribution in [1.29, 1.82) is 0 Å². The summed E-state index contributed by atoms with van der Waals surface area (Å²) in [7, 11) is 0. The van der Waals surface area contributed by atoms with Gasteiger partial charge in [-0.2, -0.15) is 0 Å². The molecule has 0 unspecified atom stereocenters. The number of hydrogen-bond donors (Lipinski definition) is 1. The number of aliphatic hydroxyl groups excluding tert-OH is 1. The van der Waals surface area contributed by atoms with Crippen molar-refractivity contribution in [3.05, 3.63) is 0 Å². The van der Waals surface area contributed by atoms with Gasteiger partial charge in [0.1, 0.15) is 13.2 Å². The van der Waals surface area contributed by atoms with Gasteiger partial charge in [0.2, 0.25) is 0 Å². The van der Waals surface area contributed by atoms with Gasteiger partial charge >= 0.3 is 5.97 Å². The van der Waals surface area contributed by atoms with E-state index in [-0.39, 0.29) is 6.61 Å². The third-order valence-electron chi connectivity index (χ3n) is 1.60. The van der Waals surface area contributed by atoms with Crippen LogP contribution in [0.5, 0.6) is 0 Å². The topological polar surface area (TPSA) is 49.8 Å². The van der Waals surface area contributed by atoms with Crippen molar-refractivity contribution < 1.29 is 14.6 Å². The summed E-state index contributed by atoms with van der Waals surface area (Å²) in [5.74, 6) is 0.428. The minimum atomic E-state index is -0.610. The number of esters is 1. The molecule has 1 N–H and O–H groups in total. The number of aliphatic hydroxyl groups is 1. The molecule has 0 bridgehead atoms. The Labute approximate surface area is 93.7 Å². The van der Waals surface area contributed by atoms with E-state index in [1.54, 1.807) is 0 Å². The molecule has 0 radical (unpaired) electrons. The van der Waals surface area contributed by atoms with E-state index in [4.69, 9.17) is 33.0 Å². The van der Waals surface area contributed by atoms with Crippen LogP contribution in [0.2, 0.25) is 0 Å². The first-order chi connectivity index (χ1) is 6.74. The Morgan fingerprint density at radius 1 is 1.21 bits per heavy atom. The first-order valence-electron chi connectivity index (χ1n) is 4.35. The maximum atomic E-state index is 10.6. The largest absolute Gasteiger partial charge is 0.463 e. The molecule has 84 valence electrons. The Hall–Kier alpha value is -0.0300. The Morgan fingerprint density at radius 2 is 1.79 bits per heavy atom. The number of carbonyl (C=O) groups is 1. The van der Waals surface area contributed by atoms with Gasteiger partial charge in [-0.25, -0.2) is 4.79 Å². The van der Waals surface area contributed by atoms with Gasteiger partial charge < -0.3 is 9.84 Å². The highest BCUT2D eigenvalue weighted by molar-refractivity contribution is 6.18. The second-order valence-corrected chi connectivity index (χ2v) is 3.35. The lowest BCUT2D eigenvalue weighted by Gasteiger charge is -2.19. The smallest absolute Gasteiger partial charge is 0.331 e. The van der Waals surface area contributed by atoms with Crippen LogP contribution in [-0.4, -0.2) is 60.6 Å². The van der Waals surface area contributed by atoms with Gasteiger partial charge in [0.25, 0.3) is 0 Å². The van der Waals surface area contributed by atoms with Gasteiger partial charge in [-0.05, 0) is 0 Å². The van der Waals surface area contributed by atoms with Gasteiger partial charge in [0.05, 0.1) is 0 Å². The minimum Gasteiger partial charge on any atom is -0.463 e. The Kier molecular flexibility index (Phi) is 9.50. The monoisotopic (exact) mass is 243 g/mol. The van der Waals surface area contributed by atoms with Crippen LogP contribution >= 0.6 is 23.2 Å². The number of rotatable bonds is 8. The molecule has 0 spiro atoms. The molecule has 0 aliphatic rings. The number of ether oxygens (including phenoxy) is 1. The minimum absolute atomic E-state index is 0.257. The van der Waals surface area contributed by atoms with Crippen LogP contribution in [0.15, 0.2) is 0 Å². The van der Waals surface area contributed by atoms with Gasteiger partial charge in [-0.3, -0.25) is 4.90 Å². The fourth-order valence-electron chi connectivity index (χ4n) is 0.909. The van der Waals surface area contributed by atoms with Gasteiger partial charge in [-0.1, -0.05) is 0 Å². The summed E-state index contributed by atoms with van der Waals surface area (Å²) < 4.78 is 4.70. The fraction of sp³-hybridized carbons (Fsp3) is 0.875. The lowest BCUT2D eigenvalue weighted by atomic mass is 10.5. The van der Waals surface area contributed by atoms with Crippen LogP contribution in [0.3, 0.4) is 0 Å². The van der Waals surface area contributed by atoms with E-state index < -0.39 is 12.6 Å². The maximum absolute atomic E-state index is 10.6. The molecule has 0 heterocycles. The van der Waals surface area contributed by atoms with Crippen molar-refractivity contribution in [2.24, 2.45) is 0 Å². The van der Waals surface area contributed by atoms with Crippen molar-refractivity contribution in [3.63, 3.8) is 0 Å². The summed E-state index contributed by atoms with van der Waals surface area (Å²) in [5.41, 5.74) is 0. The van der Waals surface area contributed by atoms with Crippen LogP contribution in [-0.2, 0) is 9.53 Å². The Bertz CT molecular complexity index is 152. The summed E-state index contributed by atoms with van der Waals surface area (Å²) in [6, 6.07) is 0. The summed E-state index contributed by atoms with van der Waals surface area (Å²) in [4.78, 5) is 12.6. The van der Waals surface area contributed by atoms with Crippen molar-refractivity contribution in [3.8, 4) is 0 Å². The van der Waals surface area contributed by atoms with Gasteiger partial charge in [0, 0.05) is 31.4 Å². The molecule has 0 aromatic rings. The first-order valence-corrected chi connectivity index (χ1v) is 5.42. The highest BCUT2D eigenvalue weighted by Gasteiger charge is 2.05. The van der Waals surface area contributed by atoms with Crippen LogP contribution in [0.4, 0.5) is 0 Å². The molecule has 6 heteroatoms. The average molecular weight is 244 g/mol. The van der Waals surface area contributed by atoms with E-state index in [9.17, 15) is 4.79 Å². The number of alkyl halides is 2. The normalized spacial score (nSPS) is 10.6. The predicted molar refractivity (Wildman–Crippen MR) is 55.9 cm³/mol. The summed E-state index contributed by atoms with van der Waals surface area (Å²) in [5, 5.41) is 8.38. The summed E-state index contributed by atoms with van der Waals surface area (Å²) in [6.07, 6.45) is 0. The number of nitrogens with zero attached hydrogens (tertiary/aromatic N) is 1. The van der Waals surface area contributed by atoms with E-state index in [0.717, 1.165) is 0 Å². The highest BCUT2D eigenvalue weighted by Crippen LogP contribution is 1.92. The maximum Gasteiger partial charge on any atom is 0.331 e. The molecule has 0 aliphatic carbocycles. The fourth-order valence-corrected chi connectivity index (χ4v) is 1.39. The quantitative estimate of drug-likeness (QED) is 0.493. The standard InChI is InChI=1S/C8H15Cl2NO3/c9-1-3-11(4-2-10)5-6-14-8(13)7-12/h12H,1-7H2. The second kappa shape index (κ2) is 9.52. The lowest BCUT2D eigenvalue weighted by Crippen LogP contribution is -2.32. The Balaban J connectivity index is 3.54.